The van der Waals surface area contributed by atoms with Gasteiger partial charge in [0.15, 0.2) is 6.10 Å². The minimum Gasteiger partial charge on any atom is -0.496 e. The number of likely N-dealkylation sites (tertiary alicyclic amines) is 1. The van der Waals surface area contributed by atoms with Crippen LogP contribution in [0, 0.1) is 13.8 Å². The number of nitrogens with zero attached hydrogens (tertiary/aromatic N) is 3. The summed E-state index contributed by atoms with van der Waals surface area (Å²) in [5, 5.41) is 0.951. The molecule has 6 nitrogen and oxygen atoms in total. The van der Waals surface area contributed by atoms with Crippen LogP contribution in [0.4, 0.5) is 0 Å². The Kier molecular flexibility index (Phi) is 8.26. The lowest BCUT2D eigenvalue weighted by Crippen LogP contribution is -2.48. The molecule has 2 heterocycles. The van der Waals surface area contributed by atoms with E-state index in [2.05, 4.69) is 16.8 Å². The number of methoxy groups -OCH3 is 1. The lowest BCUT2D eigenvalue weighted by Gasteiger charge is -2.37. The number of aryl methyl sites for hydroxylation is 1. The van der Waals surface area contributed by atoms with Gasteiger partial charge in [-0.25, -0.2) is 0 Å². The number of rotatable bonds is 7. The molecule has 8 heteroatoms. The van der Waals surface area contributed by atoms with Crippen molar-refractivity contribution in [2.24, 2.45) is 0 Å². The number of hydrogen-bond donors (Lipinski definition) is 0. The first-order valence-electron chi connectivity index (χ1n) is 10.8. The van der Waals surface area contributed by atoms with Crippen molar-refractivity contribution in [3.05, 3.63) is 51.3 Å². The lowest BCUT2D eigenvalue weighted by atomic mass is 10.0. The van der Waals surface area contributed by atoms with Gasteiger partial charge in [0, 0.05) is 60.1 Å². The zero-order valence-electron chi connectivity index (χ0n) is 19.3. The molecule has 1 aliphatic rings. The molecule has 0 N–H and O–H groups in total. The number of piperidine rings is 1. The second kappa shape index (κ2) is 10.7. The highest BCUT2D eigenvalue weighted by Gasteiger charge is 2.29. The van der Waals surface area contributed by atoms with Crippen LogP contribution in [0.1, 0.15) is 36.6 Å². The van der Waals surface area contributed by atoms with Crippen LogP contribution in [0.3, 0.4) is 0 Å². The molecule has 1 aromatic carbocycles. The zero-order valence-corrected chi connectivity index (χ0v) is 20.8. The van der Waals surface area contributed by atoms with E-state index in [9.17, 15) is 4.79 Å². The van der Waals surface area contributed by atoms with E-state index in [0.717, 1.165) is 55.0 Å². The Hall–Kier alpha value is -2.02. The number of likely N-dealkylation sites (N-methyl/N-ethyl adjacent to an activating group) is 1. The van der Waals surface area contributed by atoms with E-state index in [1.165, 1.54) is 0 Å². The normalized spacial score (nSPS) is 16.0. The van der Waals surface area contributed by atoms with Gasteiger partial charge in [0.25, 0.3) is 5.91 Å². The number of benzene rings is 1. The molecule has 0 aliphatic carbocycles. The van der Waals surface area contributed by atoms with Crippen molar-refractivity contribution in [3.8, 4) is 11.5 Å². The fourth-order valence-corrected chi connectivity index (χ4v) is 4.73. The molecular formula is C24H31Cl2N3O3. The van der Waals surface area contributed by atoms with E-state index in [0.29, 0.717) is 15.8 Å². The van der Waals surface area contributed by atoms with Gasteiger partial charge in [-0.1, -0.05) is 23.2 Å². The Bertz CT molecular complexity index is 941. The molecule has 1 aromatic heterocycles. The first-order chi connectivity index (χ1) is 15.2. The van der Waals surface area contributed by atoms with Crippen LogP contribution in [0.2, 0.25) is 10.0 Å². The molecule has 0 radical (unpaired) electrons. The van der Waals surface area contributed by atoms with Crippen molar-refractivity contribution >= 4 is 29.1 Å². The van der Waals surface area contributed by atoms with Crippen LogP contribution in [-0.4, -0.2) is 60.1 Å². The Morgan fingerprint density at radius 1 is 1.22 bits per heavy atom. The van der Waals surface area contributed by atoms with E-state index >= 15 is 0 Å². The van der Waals surface area contributed by atoms with E-state index in [-0.39, 0.29) is 11.9 Å². The number of halogens is 2. The largest absolute Gasteiger partial charge is 0.496 e. The molecule has 0 spiro atoms. The standard InChI is InChI=1S/C24H31Cl2N3O3/c1-15-13-27-22(16(2)23(15)31-5)14-29-8-6-20(7-9-29)28(4)24(30)17(3)32-21-11-18(25)10-19(26)12-21/h10-13,17,20H,6-9,14H2,1-5H3. The van der Waals surface area contributed by atoms with Gasteiger partial charge in [-0.05, 0) is 51.8 Å². The van der Waals surface area contributed by atoms with Crippen LogP contribution >= 0.6 is 23.2 Å². The van der Waals surface area contributed by atoms with E-state index in [1.54, 1.807) is 32.2 Å². The van der Waals surface area contributed by atoms with Crippen molar-refractivity contribution in [2.75, 3.05) is 27.2 Å². The van der Waals surface area contributed by atoms with E-state index in [4.69, 9.17) is 32.7 Å². The number of hydrogen-bond acceptors (Lipinski definition) is 5. The summed E-state index contributed by atoms with van der Waals surface area (Å²) < 4.78 is 11.3. The van der Waals surface area contributed by atoms with Crippen molar-refractivity contribution in [1.82, 2.24) is 14.8 Å². The summed E-state index contributed by atoms with van der Waals surface area (Å²) in [5.41, 5.74) is 3.18. The van der Waals surface area contributed by atoms with Gasteiger partial charge in [0.2, 0.25) is 0 Å². The topological polar surface area (TPSA) is 54.9 Å². The molecule has 2 aromatic rings. The lowest BCUT2D eigenvalue weighted by molar-refractivity contribution is -0.139. The maximum atomic E-state index is 12.9. The molecule has 1 unspecified atom stereocenters. The van der Waals surface area contributed by atoms with Gasteiger partial charge < -0.3 is 14.4 Å². The predicted octanol–water partition coefficient (Wildman–Crippen LogP) is 4.90. The van der Waals surface area contributed by atoms with E-state index in [1.807, 2.05) is 25.1 Å². The highest BCUT2D eigenvalue weighted by molar-refractivity contribution is 6.34. The summed E-state index contributed by atoms with van der Waals surface area (Å²) in [6.07, 6.45) is 3.05. The molecule has 1 saturated heterocycles. The van der Waals surface area contributed by atoms with Crippen LogP contribution in [0.5, 0.6) is 11.5 Å². The molecule has 0 saturated carbocycles. The molecule has 1 aliphatic heterocycles. The first-order valence-corrected chi connectivity index (χ1v) is 11.6. The minimum atomic E-state index is -0.626. The average Bonchev–Trinajstić information content (AvgIpc) is 2.75. The third-order valence-corrected chi connectivity index (χ3v) is 6.51. The molecule has 32 heavy (non-hydrogen) atoms. The molecule has 1 atom stereocenters. The molecule has 1 amide bonds. The SMILES string of the molecule is COc1c(C)cnc(CN2CCC(N(C)C(=O)C(C)Oc3cc(Cl)cc(Cl)c3)CC2)c1C. The summed E-state index contributed by atoms with van der Waals surface area (Å²) in [7, 11) is 3.55. The molecule has 0 bridgehead atoms. The number of ether oxygens (including phenoxy) is 2. The number of aromatic nitrogens is 1. The smallest absolute Gasteiger partial charge is 0.263 e. The highest BCUT2D eigenvalue weighted by atomic mass is 35.5. The van der Waals surface area contributed by atoms with Crippen molar-refractivity contribution in [1.29, 1.82) is 0 Å². The third-order valence-electron chi connectivity index (χ3n) is 6.07. The summed E-state index contributed by atoms with van der Waals surface area (Å²) in [6, 6.07) is 5.12. The van der Waals surface area contributed by atoms with Gasteiger partial charge in [0.05, 0.1) is 12.8 Å². The predicted molar refractivity (Wildman–Crippen MR) is 128 cm³/mol. The Labute approximate surface area is 200 Å². The van der Waals surface area contributed by atoms with Crippen molar-refractivity contribution in [2.45, 2.75) is 52.3 Å². The fourth-order valence-electron chi connectivity index (χ4n) is 4.22. The van der Waals surface area contributed by atoms with Gasteiger partial charge >= 0.3 is 0 Å². The Balaban J connectivity index is 1.54. The van der Waals surface area contributed by atoms with Gasteiger partial charge in [0.1, 0.15) is 11.5 Å². The maximum absolute atomic E-state index is 12.9. The third kappa shape index (κ3) is 5.85. The van der Waals surface area contributed by atoms with Crippen LogP contribution in [-0.2, 0) is 11.3 Å². The average molecular weight is 480 g/mol. The van der Waals surface area contributed by atoms with Crippen LogP contribution in [0.15, 0.2) is 24.4 Å². The minimum absolute atomic E-state index is 0.0552. The molecule has 3 rings (SSSR count). The number of amides is 1. The monoisotopic (exact) mass is 479 g/mol. The highest BCUT2D eigenvalue weighted by Crippen LogP contribution is 2.27. The van der Waals surface area contributed by atoms with Gasteiger partial charge in [-0.3, -0.25) is 14.7 Å². The van der Waals surface area contributed by atoms with Gasteiger partial charge in [-0.15, -0.1) is 0 Å². The summed E-state index contributed by atoms with van der Waals surface area (Å²) in [5.74, 6) is 1.34. The quantitative estimate of drug-likeness (QED) is 0.564. The summed E-state index contributed by atoms with van der Waals surface area (Å²) in [6.45, 7) is 8.40. The van der Waals surface area contributed by atoms with Crippen LogP contribution in [0.25, 0.3) is 0 Å². The van der Waals surface area contributed by atoms with Crippen molar-refractivity contribution in [3.63, 3.8) is 0 Å². The second-order valence-electron chi connectivity index (χ2n) is 8.37. The van der Waals surface area contributed by atoms with Crippen molar-refractivity contribution < 1.29 is 14.3 Å². The fraction of sp³-hybridized carbons (Fsp3) is 0.500. The molecule has 174 valence electrons. The Morgan fingerprint density at radius 3 is 2.44 bits per heavy atom. The van der Waals surface area contributed by atoms with Crippen LogP contribution < -0.4 is 9.47 Å². The zero-order chi connectivity index (χ0) is 23.4. The summed E-state index contributed by atoms with van der Waals surface area (Å²) >= 11 is 12.1. The summed E-state index contributed by atoms with van der Waals surface area (Å²) in [4.78, 5) is 21.7. The molecule has 1 fully saturated rings. The van der Waals surface area contributed by atoms with Gasteiger partial charge in [-0.2, -0.15) is 0 Å². The number of carbonyl (C=O) groups is 1. The second-order valence-corrected chi connectivity index (χ2v) is 9.24. The molecular weight excluding hydrogens is 449 g/mol. The number of carbonyl (C=O) groups excluding carboxylic acids is 1. The Morgan fingerprint density at radius 2 is 1.84 bits per heavy atom. The number of pyridine rings is 1. The maximum Gasteiger partial charge on any atom is 0.263 e. The van der Waals surface area contributed by atoms with E-state index < -0.39 is 6.10 Å². The first kappa shape index (κ1) is 24.6.